The molecule has 0 aliphatic rings. The number of aryl methyl sites for hydroxylation is 1. The molecule has 238 valence electrons. The predicted octanol–water partition coefficient (Wildman–Crippen LogP) is 7.69. The van der Waals surface area contributed by atoms with Crippen LogP contribution in [0.15, 0.2) is 97.6 Å². The summed E-state index contributed by atoms with van der Waals surface area (Å²) in [7, 11) is 3.21. The number of para-hydroxylation sites is 1. The number of hydrogen-bond donors (Lipinski definition) is 2. The standard InChI is InChI=1S/C35H29F3N6O3/c1-21-10-12-26(43-34(45)22-6-4-7-25(14-22)35(36,37)38)15-30(21)44-19-24(18-42-44)28-8-5-9-29-32(28)40-20-41-33(29)39-17-23-11-13-27(46-2)16-31(23)47-3/h4-16,18-20H,17H2,1-3H3,(H,43,45)(H,39,40,41). The first kappa shape index (κ1) is 31.1. The molecule has 0 spiro atoms. The van der Waals surface area contributed by atoms with Gasteiger partial charge >= 0.3 is 6.18 Å². The highest BCUT2D eigenvalue weighted by Crippen LogP contribution is 2.33. The fourth-order valence-electron chi connectivity index (χ4n) is 5.21. The molecule has 0 aliphatic carbocycles. The van der Waals surface area contributed by atoms with E-state index in [1.807, 2.05) is 49.5 Å². The second-order valence-electron chi connectivity index (χ2n) is 10.7. The number of halogens is 3. The van der Waals surface area contributed by atoms with Crippen molar-refractivity contribution >= 4 is 28.3 Å². The SMILES string of the molecule is COc1ccc(CNc2ncnc3c(-c4cnn(-c5cc(NC(=O)c6cccc(C(F)(F)F)c6)ccc5C)c4)cccc23)c(OC)c1. The quantitative estimate of drug-likeness (QED) is 0.167. The third kappa shape index (κ3) is 6.57. The first-order valence-electron chi connectivity index (χ1n) is 14.5. The zero-order valence-corrected chi connectivity index (χ0v) is 25.6. The van der Waals surface area contributed by atoms with Gasteiger partial charge in [-0.25, -0.2) is 14.6 Å². The van der Waals surface area contributed by atoms with Crippen molar-refractivity contribution in [2.75, 3.05) is 24.9 Å². The van der Waals surface area contributed by atoms with Crippen molar-refractivity contribution in [1.29, 1.82) is 0 Å². The molecule has 0 saturated heterocycles. The Morgan fingerprint density at radius 1 is 0.936 bits per heavy atom. The molecule has 12 heteroatoms. The van der Waals surface area contributed by atoms with E-state index < -0.39 is 17.6 Å². The lowest BCUT2D eigenvalue weighted by Crippen LogP contribution is -2.14. The molecule has 4 aromatic carbocycles. The molecule has 6 rings (SSSR count). The highest BCUT2D eigenvalue weighted by Gasteiger charge is 2.31. The van der Waals surface area contributed by atoms with E-state index in [0.717, 1.165) is 45.3 Å². The summed E-state index contributed by atoms with van der Waals surface area (Å²) in [5.41, 5.74) is 4.28. The topological polar surface area (TPSA) is 103 Å². The number of carbonyl (C=O) groups is 1. The average molecular weight is 639 g/mol. The van der Waals surface area contributed by atoms with Gasteiger partial charge in [-0.05, 0) is 61.0 Å². The van der Waals surface area contributed by atoms with Crippen LogP contribution in [0.3, 0.4) is 0 Å². The Bertz CT molecular complexity index is 2090. The molecular formula is C35H29F3N6O3. The molecular weight excluding hydrogens is 609 g/mol. The van der Waals surface area contributed by atoms with Gasteiger partial charge in [-0.1, -0.05) is 24.3 Å². The lowest BCUT2D eigenvalue weighted by Gasteiger charge is -2.13. The number of fused-ring (bicyclic) bond motifs is 1. The Morgan fingerprint density at radius 2 is 1.77 bits per heavy atom. The van der Waals surface area contributed by atoms with Crippen LogP contribution in [-0.2, 0) is 12.7 Å². The van der Waals surface area contributed by atoms with Gasteiger partial charge in [-0.15, -0.1) is 0 Å². The van der Waals surface area contributed by atoms with E-state index in [0.29, 0.717) is 35.2 Å². The Morgan fingerprint density at radius 3 is 2.55 bits per heavy atom. The van der Waals surface area contributed by atoms with Crippen LogP contribution in [0.4, 0.5) is 24.7 Å². The maximum Gasteiger partial charge on any atom is 0.416 e. The van der Waals surface area contributed by atoms with Gasteiger partial charge in [0, 0.05) is 52.1 Å². The number of aromatic nitrogens is 4. The van der Waals surface area contributed by atoms with Crippen molar-refractivity contribution < 1.29 is 27.4 Å². The van der Waals surface area contributed by atoms with Gasteiger partial charge < -0.3 is 20.1 Å². The summed E-state index contributed by atoms with van der Waals surface area (Å²) < 4.78 is 52.0. The van der Waals surface area contributed by atoms with Crippen LogP contribution in [0.5, 0.6) is 11.5 Å². The monoisotopic (exact) mass is 638 g/mol. The van der Waals surface area contributed by atoms with Gasteiger partial charge in [0.05, 0.1) is 37.2 Å². The summed E-state index contributed by atoms with van der Waals surface area (Å²) in [6.45, 7) is 2.36. The Kier molecular flexibility index (Phi) is 8.49. The number of methoxy groups -OCH3 is 2. The lowest BCUT2D eigenvalue weighted by molar-refractivity contribution is -0.137. The van der Waals surface area contributed by atoms with Crippen LogP contribution in [0.25, 0.3) is 27.7 Å². The van der Waals surface area contributed by atoms with E-state index in [9.17, 15) is 18.0 Å². The molecule has 6 aromatic rings. The van der Waals surface area contributed by atoms with E-state index in [1.165, 1.54) is 18.5 Å². The number of benzene rings is 4. The lowest BCUT2D eigenvalue weighted by atomic mass is 10.1. The zero-order valence-electron chi connectivity index (χ0n) is 25.6. The van der Waals surface area contributed by atoms with Crippen LogP contribution >= 0.6 is 0 Å². The van der Waals surface area contributed by atoms with Gasteiger partial charge in [-0.3, -0.25) is 4.79 Å². The van der Waals surface area contributed by atoms with Crippen LogP contribution in [-0.4, -0.2) is 39.9 Å². The van der Waals surface area contributed by atoms with Crippen LogP contribution < -0.4 is 20.1 Å². The molecule has 2 aromatic heterocycles. The fourth-order valence-corrected chi connectivity index (χ4v) is 5.21. The molecule has 2 heterocycles. The summed E-state index contributed by atoms with van der Waals surface area (Å²) in [5.74, 6) is 1.39. The number of nitrogens with zero attached hydrogens (tertiary/aromatic N) is 4. The minimum Gasteiger partial charge on any atom is -0.497 e. The smallest absolute Gasteiger partial charge is 0.416 e. The van der Waals surface area contributed by atoms with Crippen molar-refractivity contribution in [2.45, 2.75) is 19.6 Å². The van der Waals surface area contributed by atoms with Crippen molar-refractivity contribution in [3.05, 3.63) is 120 Å². The molecule has 0 unspecified atom stereocenters. The van der Waals surface area contributed by atoms with Gasteiger partial charge in [0.2, 0.25) is 0 Å². The average Bonchev–Trinajstić information content (AvgIpc) is 3.57. The summed E-state index contributed by atoms with van der Waals surface area (Å²) in [6.07, 6.45) is 0.529. The van der Waals surface area contributed by atoms with Gasteiger partial charge in [0.15, 0.2) is 0 Å². The zero-order chi connectivity index (χ0) is 33.1. The Hall–Kier alpha value is -5.91. The number of alkyl halides is 3. The van der Waals surface area contributed by atoms with Crippen LogP contribution in [0, 0.1) is 6.92 Å². The third-order valence-corrected chi connectivity index (χ3v) is 7.66. The normalized spacial score (nSPS) is 11.4. The number of ether oxygens (including phenoxy) is 2. The Balaban J connectivity index is 1.25. The van der Waals surface area contributed by atoms with E-state index in [2.05, 4.69) is 25.7 Å². The number of nitrogens with one attached hydrogen (secondary N) is 2. The van der Waals surface area contributed by atoms with Gasteiger partial charge in [0.25, 0.3) is 5.91 Å². The highest BCUT2D eigenvalue weighted by atomic mass is 19.4. The first-order chi connectivity index (χ1) is 22.6. The van der Waals surface area contributed by atoms with Gasteiger partial charge in [-0.2, -0.15) is 18.3 Å². The largest absolute Gasteiger partial charge is 0.497 e. The molecule has 47 heavy (non-hydrogen) atoms. The number of carbonyl (C=O) groups excluding carboxylic acids is 1. The maximum atomic E-state index is 13.2. The Labute approximate surface area is 268 Å². The summed E-state index contributed by atoms with van der Waals surface area (Å²) >= 11 is 0. The van der Waals surface area contributed by atoms with E-state index >= 15 is 0 Å². The minimum atomic E-state index is -4.55. The number of hydrogen-bond acceptors (Lipinski definition) is 7. The predicted molar refractivity (Wildman–Crippen MR) is 173 cm³/mol. The van der Waals surface area contributed by atoms with E-state index in [-0.39, 0.29) is 5.56 Å². The van der Waals surface area contributed by atoms with Crippen molar-refractivity contribution in [1.82, 2.24) is 19.7 Å². The molecule has 0 fully saturated rings. The second-order valence-corrected chi connectivity index (χ2v) is 10.7. The van der Waals surface area contributed by atoms with Crippen LogP contribution in [0.2, 0.25) is 0 Å². The van der Waals surface area contributed by atoms with Crippen molar-refractivity contribution in [3.63, 3.8) is 0 Å². The minimum absolute atomic E-state index is 0.0988. The van der Waals surface area contributed by atoms with Crippen molar-refractivity contribution in [3.8, 4) is 28.3 Å². The van der Waals surface area contributed by atoms with Crippen molar-refractivity contribution in [2.24, 2.45) is 0 Å². The molecule has 9 nitrogen and oxygen atoms in total. The summed E-state index contributed by atoms with van der Waals surface area (Å²) in [4.78, 5) is 21.9. The van der Waals surface area contributed by atoms with Crippen LogP contribution in [0.1, 0.15) is 27.0 Å². The second kappa shape index (κ2) is 12.8. The summed E-state index contributed by atoms with van der Waals surface area (Å²) in [6, 6.07) is 21.0. The van der Waals surface area contributed by atoms with Gasteiger partial charge in [0.1, 0.15) is 23.6 Å². The molecule has 1 amide bonds. The first-order valence-corrected chi connectivity index (χ1v) is 14.5. The van der Waals surface area contributed by atoms with E-state index in [1.54, 1.807) is 43.3 Å². The number of rotatable bonds is 9. The molecule has 0 radical (unpaired) electrons. The molecule has 2 N–H and O–H groups in total. The summed E-state index contributed by atoms with van der Waals surface area (Å²) in [5, 5.41) is 11.5. The molecule has 0 aliphatic heterocycles. The van der Waals surface area contributed by atoms with E-state index in [4.69, 9.17) is 9.47 Å². The molecule has 0 atom stereocenters. The molecule has 0 saturated carbocycles. The molecule has 0 bridgehead atoms. The third-order valence-electron chi connectivity index (χ3n) is 7.66. The number of anilines is 2. The fraction of sp³-hybridized carbons (Fsp3) is 0.143. The maximum absolute atomic E-state index is 13.2. The number of amides is 1. The highest BCUT2D eigenvalue weighted by molar-refractivity contribution is 6.04.